The fourth-order valence-electron chi connectivity index (χ4n) is 2.14. The van der Waals surface area contributed by atoms with Gasteiger partial charge in [0.1, 0.15) is 0 Å². The lowest BCUT2D eigenvalue weighted by Gasteiger charge is -2.22. The van der Waals surface area contributed by atoms with Crippen LogP contribution in [0.4, 0.5) is 0 Å². The zero-order chi connectivity index (χ0) is 11.9. The van der Waals surface area contributed by atoms with E-state index >= 15 is 0 Å². The van der Waals surface area contributed by atoms with Crippen LogP contribution in [0.3, 0.4) is 0 Å². The molecule has 4 heteroatoms. The van der Waals surface area contributed by atoms with E-state index in [2.05, 4.69) is 27.5 Å². The minimum absolute atomic E-state index is 0.182. The normalized spacial score (nSPS) is 20.1. The maximum atomic E-state index is 11.7. The van der Waals surface area contributed by atoms with Gasteiger partial charge in [0.05, 0.1) is 0 Å². The van der Waals surface area contributed by atoms with Crippen molar-refractivity contribution in [2.45, 2.75) is 25.7 Å². The third-order valence-corrected chi connectivity index (χ3v) is 3.94. The van der Waals surface area contributed by atoms with Gasteiger partial charge >= 0.3 is 0 Å². The number of hydrogen-bond donors (Lipinski definition) is 2. The first-order valence-corrected chi connectivity index (χ1v) is 7.27. The molecular weight excluding hydrogens is 232 g/mol. The highest BCUT2D eigenvalue weighted by Crippen LogP contribution is 2.10. The fraction of sp³-hybridized carbons (Fsp3) is 0.615. The number of nitrogens with one attached hydrogen (secondary N) is 2. The van der Waals surface area contributed by atoms with Gasteiger partial charge in [-0.05, 0) is 60.7 Å². The Morgan fingerprint density at radius 2 is 2.53 bits per heavy atom. The van der Waals surface area contributed by atoms with Gasteiger partial charge in [-0.25, -0.2) is 0 Å². The summed E-state index contributed by atoms with van der Waals surface area (Å²) in [6.45, 7) is 3.00. The van der Waals surface area contributed by atoms with Gasteiger partial charge < -0.3 is 10.6 Å². The first-order valence-electron chi connectivity index (χ1n) is 6.33. The predicted molar refractivity (Wildman–Crippen MR) is 71.2 cm³/mol. The number of piperidine rings is 1. The van der Waals surface area contributed by atoms with E-state index in [0.29, 0.717) is 12.3 Å². The Kier molecular flexibility index (Phi) is 5.01. The molecule has 1 aromatic rings. The minimum Gasteiger partial charge on any atom is -0.356 e. The lowest BCUT2D eigenvalue weighted by molar-refractivity contribution is -0.121. The number of rotatable bonds is 5. The number of amides is 1. The molecule has 1 atom stereocenters. The van der Waals surface area contributed by atoms with Crippen LogP contribution >= 0.6 is 11.3 Å². The molecule has 3 nitrogen and oxygen atoms in total. The highest BCUT2D eigenvalue weighted by Gasteiger charge is 2.13. The molecule has 0 saturated carbocycles. The average molecular weight is 252 g/mol. The van der Waals surface area contributed by atoms with Crippen LogP contribution in [-0.4, -0.2) is 25.5 Å². The van der Waals surface area contributed by atoms with Gasteiger partial charge in [0, 0.05) is 13.0 Å². The van der Waals surface area contributed by atoms with Crippen molar-refractivity contribution < 1.29 is 4.79 Å². The Bertz CT molecular complexity index is 331. The molecule has 1 aliphatic rings. The summed E-state index contributed by atoms with van der Waals surface area (Å²) in [4.78, 5) is 11.7. The van der Waals surface area contributed by atoms with Crippen molar-refractivity contribution >= 4 is 17.2 Å². The van der Waals surface area contributed by atoms with Crippen LogP contribution in [0, 0.1) is 5.92 Å². The lowest BCUT2D eigenvalue weighted by Crippen LogP contribution is -2.38. The summed E-state index contributed by atoms with van der Waals surface area (Å²) in [5.74, 6) is 0.802. The topological polar surface area (TPSA) is 41.1 Å². The zero-order valence-electron chi connectivity index (χ0n) is 10.1. The number of aryl methyl sites for hydroxylation is 1. The van der Waals surface area contributed by atoms with E-state index < -0.39 is 0 Å². The third kappa shape index (κ3) is 4.48. The van der Waals surface area contributed by atoms with Gasteiger partial charge in [0.15, 0.2) is 0 Å². The number of thiophene rings is 1. The molecule has 1 aromatic heterocycles. The number of carbonyl (C=O) groups excluding carboxylic acids is 1. The van der Waals surface area contributed by atoms with Crippen LogP contribution in [0.1, 0.15) is 24.8 Å². The van der Waals surface area contributed by atoms with E-state index in [1.807, 2.05) is 0 Å². The highest BCUT2D eigenvalue weighted by molar-refractivity contribution is 7.07. The molecular formula is C13H20N2OS. The zero-order valence-corrected chi connectivity index (χ0v) is 10.9. The quantitative estimate of drug-likeness (QED) is 0.839. The second-order valence-electron chi connectivity index (χ2n) is 4.65. The van der Waals surface area contributed by atoms with Crippen molar-refractivity contribution in [1.82, 2.24) is 10.6 Å². The second-order valence-corrected chi connectivity index (χ2v) is 5.43. The van der Waals surface area contributed by atoms with E-state index in [-0.39, 0.29) is 5.91 Å². The fourth-order valence-corrected chi connectivity index (χ4v) is 2.84. The standard InChI is InChI=1S/C13H20N2OS/c16-13(4-3-11-5-7-17-10-11)15-9-12-2-1-6-14-8-12/h5,7,10,12,14H,1-4,6,8-9H2,(H,15,16). The molecule has 1 saturated heterocycles. The maximum Gasteiger partial charge on any atom is 0.220 e. The largest absolute Gasteiger partial charge is 0.356 e. The molecule has 1 unspecified atom stereocenters. The molecule has 0 bridgehead atoms. The molecule has 0 aromatic carbocycles. The minimum atomic E-state index is 0.182. The van der Waals surface area contributed by atoms with Gasteiger partial charge in [-0.2, -0.15) is 11.3 Å². The van der Waals surface area contributed by atoms with Gasteiger partial charge in [-0.15, -0.1) is 0 Å². The number of carbonyl (C=O) groups is 1. The summed E-state index contributed by atoms with van der Waals surface area (Å²) < 4.78 is 0. The van der Waals surface area contributed by atoms with Crippen LogP contribution in [0.15, 0.2) is 16.8 Å². The maximum absolute atomic E-state index is 11.7. The Morgan fingerprint density at radius 1 is 1.59 bits per heavy atom. The molecule has 17 heavy (non-hydrogen) atoms. The van der Waals surface area contributed by atoms with Crippen molar-refractivity contribution in [1.29, 1.82) is 0 Å². The molecule has 0 aliphatic carbocycles. The van der Waals surface area contributed by atoms with E-state index in [1.54, 1.807) is 11.3 Å². The summed E-state index contributed by atoms with van der Waals surface area (Å²) in [7, 11) is 0. The molecule has 1 aliphatic heterocycles. The molecule has 2 heterocycles. The molecule has 2 N–H and O–H groups in total. The van der Waals surface area contributed by atoms with Gasteiger partial charge in [0.2, 0.25) is 5.91 Å². The van der Waals surface area contributed by atoms with Crippen LogP contribution in [0.25, 0.3) is 0 Å². The Balaban J connectivity index is 1.60. The summed E-state index contributed by atoms with van der Waals surface area (Å²) in [5.41, 5.74) is 1.27. The predicted octanol–water partition coefficient (Wildman–Crippen LogP) is 1.80. The van der Waals surface area contributed by atoms with Crippen molar-refractivity contribution in [3.63, 3.8) is 0 Å². The van der Waals surface area contributed by atoms with E-state index in [9.17, 15) is 4.79 Å². The van der Waals surface area contributed by atoms with Gasteiger partial charge in [-0.1, -0.05) is 0 Å². The second kappa shape index (κ2) is 6.77. The van der Waals surface area contributed by atoms with Crippen LogP contribution in [0.5, 0.6) is 0 Å². The highest BCUT2D eigenvalue weighted by atomic mass is 32.1. The van der Waals surface area contributed by atoms with Crippen LogP contribution < -0.4 is 10.6 Å². The summed E-state index contributed by atoms with van der Waals surface area (Å²) >= 11 is 1.69. The molecule has 94 valence electrons. The first kappa shape index (κ1) is 12.6. The molecule has 0 radical (unpaired) electrons. The molecule has 0 spiro atoms. The van der Waals surface area contributed by atoms with E-state index in [0.717, 1.165) is 26.1 Å². The van der Waals surface area contributed by atoms with Crippen molar-refractivity contribution in [2.24, 2.45) is 5.92 Å². The summed E-state index contributed by atoms with van der Waals surface area (Å²) in [5, 5.41) is 10.6. The van der Waals surface area contributed by atoms with Crippen LogP contribution in [-0.2, 0) is 11.2 Å². The van der Waals surface area contributed by atoms with E-state index in [1.165, 1.54) is 18.4 Å². The lowest BCUT2D eigenvalue weighted by atomic mass is 10.00. The van der Waals surface area contributed by atoms with Crippen molar-refractivity contribution in [3.05, 3.63) is 22.4 Å². The number of hydrogen-bond acceptors (Lipinski definition) is 3. The first-order chi connectivity index (χ1) is 8.34. The summed E-state index contributed by atoms with van der Waals surface area (Å²) in [6, 6.07) is 2.09. The monoisotopic (exact) mass is 252 g/mol. The van der Waals surface area contributed by atoms with Crippen molar-refractivity contribution in [2.75, 3.05) is 19.6 Å². The van der Waals surface area contributed by atoms with Gasteiger partial charge in [0.25, 0.3) is 0 Å². The van der Waals surface area contributed by atoms with Crippen LogP contribution in [0.2, 0.25) is 0 Å². The summed E-state index contributed by atoms with van der Waals surface area (Å²) in [6.07, 6.45) is 3.93. The molecule has 2 rings (SSSR count). The molecule has 1 fully saturated rings. The van der Waals surface area contributed by atoms with Crippen molar-refractivity contribution in [3.8, 4) is 0 Å². The Labute approximate surface area is 107 Å². The van der Waals surface area contributed by atoms with E-state index in [4.69, 9.17) is 0 Å². The SMILES string of the molecule is O=C(CCc1ccsc1)NCC1CCCNC1. The Hall–Kier alpha value is -0.870. The third-order valence-electron chi connectivity index (χ3n) is 3.21. The molecule has 1 amide bonds. The Morgan fingerprint density at radius 3 is 3.24 bits per heavy atom. The average Bonchev–Trinajstić information content (AvgIpc) is 2.88. The smallest absolute Gasteiger partial charge is 0.220 e. The van der Waals surface area contributed by atoms with Gasteiger partial charge in [-0.3, -0.25) is 4.79 Å².